The number of methoxy groups -OCH3 is 1. The summed E-state index contributed by atoms with van der Waals surface area (Å²) in [5.41, 5.74) is 0.947. The van der Waals surface area contributed by atoms with Crippen molar-refractivity contribution in [3.05, 3.63) is 70.1 Å². The molecule has 2 N–H and O–H groups in total. The molecule has 0 radical (unpaired) electrons. The molecule has 0 aromatic heterocycles. The monoisotopic (exact) mass is 415 g/mol. The molecule has 0 spiro atoms. The lowest BCUT2D eigenvalue weighted by atomic mass is 10.1. The Morgan fingerprint density at radius 1 is 1.21 bits per heavy atom. The Hall–Kier alpha value is -3.26. The molecule has 1 aliphatic rings. The van der Waals surface area contributed by atoms with Crippen LogP contribution in [0.5, 0.6) is 11.5 Å². The van der Waals surface area contributed by atoms with Gasteiger partial charge in [0.05, 0.1) is 24.3 Å². The van der Waals surface area contributed by atoms with E-state index >= 15 is 0 Å². The van der Waals surface area contributed by atoms with E-state index in [1.165, 1.54) is 43.5 Å². The Kier molecular flexibility index (Phi) is 6.23. The number of carbonyl (C=O) groups is 1. The molecule has 0 amide bonds. The first kappa shape index (κ1) is 20.5. The van der Waals surface area contributed by atoms with Crippen LogP contribution in [0.2, 0.25) is 0 Å². The molecule has 2 aromatic carbocycles. The average Bonchev–Trinajstić information content (AvgIpc) is 3.00. The van der Waals surface area contributed by atoms with Gasteiger partial charge in [-0.15, -0.1) is 0 Å². The molecule has 0 atom stereocenters. The molecular weight excluding hydrogens is 397 g/mol. The van der Waals surface area contributed by atoms with E-state index in [0.717, 1.165) is 11.8 Å². The number of carbonyl (C=O) groups excluding carboxylic acids is 1. The second-order valence-corrected chi connectivity index (χ2v) is 6.91. The fraction of sp³-hybridized carbons (Fsp3) is 0.143. The van der Waals surface area contributed by atoms with Gasteiger partial charge < -0.3 is 19.7 Å². The number of aromatic hydroxyl groups is 1. The Bertz CT molecular complexity index is 1030. The van der Waals surface area contributed by atoms with E-state index in [0.29, 0.717) is 21.9 Å². The van der Waals surface area contributed by atoms with Gasteiger partial charge in [-0.25, -0.2) is 14.2 Å². The first-order chi connectivity index (χ1) is 13.9. The second kappa shape index (κ2) is 8.83. The minimum Gasteiger partial charge on any atom is -0.508 e. The summed E-state index contributed by atoms with van der Waals surface area (Å²) in [6.45, 7) is 1.79. The minimum atomic E-state index is -0.709. The van der Waals surface area contributed by atoms with Crippen molar-refractivity contribution in [2.75, 3.05) is 13.7 Å². The zero-order valence-corrected chi connectivity index (χ0v) is 16.5. The second-order valence-electron chi connectivity index (χ2n) is 5.87. The third kappa shape index (κ3) is 4.60. The Labute approximate surface area is 171 Å². The molecule has 1 aliphatic heterocycles. The van der Waals surface area contributed by atoms with Gasteiger partial charge in [0.15, 0.2) is 0 Å². The molecule has 0 saturated carbocycles. The third-order valence-corrected chi connectivity index (χ3v) is 4.95. The van der Waals surface area contributed by atoms with Crippen molar-refractivity contribution in [3.8, 4) is 11.5 Å². The molecule has 0 unspecified atom stereocenters. The fourth-order valence-corrected chi connectivity index (χ4v) is 3.61. The number of aliphatic imine (C=N–C) groups is 1. The highest BCUT2D eigenvalue weighted by Crippen LogP contribution is 2.41. The summed E-state index contributed by atoms with van der Waals surface area (Å²) >= 11 is 1.07. The predicted octanol–water partition coefficient (Wildman–Crippen LogP) is 4.73. The van der Waals surface area contributed by atoms with E-state index < -0.39 is 11.8 Å². The summed E-state index contributed by atoms with van der Waals surface area (Å²) in [5.74, 6) is -0.956. The number of hydrogen-bond donors (Lipinski definition) is 2. The minimum absolute atomic E-state index is 0.0358. The molecular formula is C21H18FNO5S. The normalized spacial score (nSPS) is 16.5. The van der Waals surface area contributed by atoms with Gasteiger partial charge in [-0.1, -0.05) is 11.8 Å². The molecule has 1 heterocycles. The van der Waals surface area contributed by atoms with E-state index in [9.17, 15) is 19.4 Å². The van der Waals surface area contributed by atoms with Gasteiger partial charge >= 0.3 is 5.97 Å². The fourth-order valence-electron chi connectivity index (χ4n) is 2.58. The van der Waals surface area contributed by atoms with E-state index in [4.69, 9.17) is 9.47 Å². The molecule has 0 fully saturated rings. The number of phenols is 1. The van der Waals surface area contributed by atoms with Crippen LogP contribution in [0.4, 0.5) is 10.1 Å². The summed E-state index contributed by atoms with van der Waals surface area (Å²) in [6.07, 6.45) is 1.62. The number of aliphatic hydroxyl groups excluding tert-OH is 1. The zero-order valence-electron chi connectivity index (χ0n) is 15.7. The summed E-state index contributed by atoms with van der Waals surface area (Å²) in [5, 5.41) is 20.5. The van der Waals surface area contributed by atoms with Crippen LogP contribution < -0.4 is 4.74 Å². The van der Waals surface area contributed by atoms with E-state index in [-0.39, 0.29) is 28.7 Å². The number of nitrogens with zero attached hydrogens (tertiary/aromatic N) is 1. The maximum atomic E-state index is 13.2. The van der Waals surface area contributed by atoms with Gasteiger partial charge in [0.25, 0.3) is 0 Å². The van der Waals surface area contributed by atoms with Gasteiger partial charge in [0.2, 0.25) is 0 Å². The summed E-state index contributed by atoms with van der Waals surface area (Å²) in [7, 11) is 1.46. The van der Waals surface area contributed by atoms with Crippen LogP contribution in [0.15, 0.2) is 63.7 Å². The molecule has 8 heteroatoms. The van der Waals surface area contributed by atoms with Crippen molar-refractivity contribution in [2.45, 2.75) is 6.92 Å². The maximum Gasteiger partial charge on any atom is 0.344 e. The number of ether oxygens (including phenoxy) is 2. The molecule has 2 aromatic rings. The summed E-state index contributed by atoms with van der Waals surface area (Å²) < 4.78 is 23.5. The molecule has 0 saturated heterocycles. The van der Waals surface area contributed by atoms with Crippen LogP contribution in [0.3, 0.4) is 0 Å². The van der Waals surface area contributed by atoms with Crippen molar-refractivity contribution >= 4 is 34.5 Å². The van der Waals surface area contributed by atoms with E-state index in [1.54, 1.807) is 19.1 Å². The lowest BCUT2D eigenvalue weighted by molar-refractivity contribution is -0.138. The lowest BCUT2D eigenvalue weighted by Crippen LogP contribution is -2.12. The number of rotatable bonds is 5. The smallest absolute Gasteiger partial charge is 0.344 e. The van der Waals surface area contributed by atoms with Crippen LogP contribution in [-0.4, -0.2) is 34.9 Å². The highest BCUT2D eigenvalue weighted by molar-refractivity contribution is 8.18. The van der Waals surface area contributed by atoms with Gasteiger partial charge in [-0.05, 0) is 49.4 Å². The third-order valence-electron chi connectivity index (χ3n) is 3.93. The average molecular weight is 415 g/mol. The highest BCUT2D eigenvalue weighted by atomic mass is 32.2. The van der Waals surface area contributed by atoms with Crippen LogP contribution in [0.1, 0.15) is 12.5 Å². The molecule has 0 bridgehead atoms. The molecule has 29 heavy (non-hydrogen) atoms. The number of phenolic OH excluding ortho intramolecular Hbond substituents is 1. The number of hydrogen-bond acceptors (Lipinski definition) is 7. The van der Waals surface area contributed by atoms with Crippen molar-refractivity contribution in [1.29, 1.82) is 0 Å². The summed E-state index contributed by atoms with van der Waals surface area (Å²) in [4.78, 5) is 17.1. The van der Waals surface area contributed by atoms with Gasteiger partial charge in [-0.2, -0.15) is 0 Å². The standard InChI is InChI=1S/C21H18FNO5S/c1-3-28-21(26)18-19(25)17(10-12-4-9-15(24)11-16(12)27-2)29-20(18)23-14-7-5-13(22)6-8-14/h4-11,24-25H,3H2,1-2H3/b17-10+,23-20?. The largest absolute Gasteiger partial charge is 0.508 e. The lowest BCUT2D eigenvalue weighted by Gasteiger charge is -2.06. The van der Waals surface area contributed by atoms with Crippen molar-refractivity contribution in [1.82, 2.24) is 0 Å². The van der Waals surface area contributed by atoms with E-state index in [1.807, 2.05) is 0 Å². The van der Waals surface area contributed by atoms with E-state index in [2.05, 4.69) is 4.99 Å². The molecule has 0 aliphatic carbocycles. The Balaban J connectivity index is 2.06. The van der Waals surface area contributed by atoms with Crippen molar-refractivity contribution < 1.29 is 28.9 Å². The topological polar surface area (TPSA) is 88.4 Å². The first-order valence-corrected chi connectivity index (χ1v) is 9.46. The Morgan fingerprint density at radius 2 is 1.93 bits per heavy atom. The molecule has 150 valence electrons. The molecule has 3 rings (SSSR count). The van der Waals surface area contributed by atoms with Crippen LogP contribution in [-0.2, 0) is 9.53 Å². The number of benzene rings is 2. The number of aliphatic hydroxyl groups is 1. The van der Waals surface area contributed by atoms with Crippen LogP contribution >= 0.6 is 11.8 Å². The van der Waals surface area contributed by atoms with Crippen molar-refractivity contribution in [2.24, 2.45) is 4.99 Å². The quantitative estimate of drug-likeness (QED) is 0.686. The highest BCUT2D eigenvalue weighted by Gasteiger charge is 2.33. The number of halogens is 1. The molecule has 6 nitrogen and oxygen atoms in total. The SMILES string of the molecule is CCOC(=O)C1=C(O)/C(=C\c2ccc(O)cc2OC)SC1=Nc1ccc(F)cc1. The Morgan fingerprint density at radius 3 is 2.59 bits per heavy atom. The van der Waals surface area contributed by atoms with Gasteiger partial charge in [-0.3, -0.25) is 0 Å². The van der Waals surface area contributed by atoms with Crippen LogP contribution in [0.25, 0.3) is 6.08 Å². The number of thioether (sulfide) groups is 1. The maximum absolute atomic E-state index is 13.2. The number of esters is 1. The van der Waals surface area contributed by atoms with Gasteiger partial charge in [0.1, 0.15) is 33.7 Å². The van der Waals surface area contributed by atoms with Crippen molar-refractivity contribution in [3.63, 3.8) is 0 Å². The van der Waals surface area contributed by atoms with Gasteiger partial charge in [0, 0.05) is 11.6 Å². The zero-order chi connectivity index (χ0) is 21.0. The first-order valence-electron chi connectivity index (χ1n) is 8.64. The van der Waals surface area contributed by atoms with Crippen LogP contribution in [0, 0.1) is 5.82 Å². The summed E-state index contributed by atoms with van der Waals surface area (Å²) in [6, 6.07) is 9.98. The predicted molar refractivity (Wildman–Crippen MR) is 110 cm³/mol.